The van der Waals surface area contributed by atoms with E-state index in [1.165, 1.54) is 18.4 Å². The Morgan fingerprint density at radius 1 is 1.33 bits per heavy atom. The van der Waals surface area contributed by atoms with Crippen LogP contribution in [-0.2, 0) is 4.79 Å². The van der Waals surface area contributed by atoms with Gasteiger partial charge in [-0.25, -0.2) is 0 Å². The first-order valence-corrected chi connectivity index (χ1v) is 6.04. The van der Waals surface area contributed by atoms with E-state index >= 15 is 0 Å². The van der Waals surface area contributed by atoms with E-state index in [4.69, 9.17) is 0 Å². The topological polar surface area (TPSA) is 37.3 Å². The van der Waals surface area contributed by atoms with Gasteiger partial charge in [0.2, 0.25) is 0 Å². The molecule has 15 heavy (non-hydrogen) atoms. The van der Waals surface area contributed by atoms with Gasteiger partial charge in [0.25, 0.3) is 0 Å². The van der Waals surface area contributed by atoms with Crippen LogP contribution < -0.4 is 0 Å². The van der Waals surface area contributed by atoms with Gasteiger partial charge in [-0.1, -0.05) is 38.3 Å². The van der Waals surface area contributed by atoms with Gasteiger partial charge in [0.1, 0.15) is 0 Å². The van der Waals surface area contributed by atoms with Crippen LogP contribution >= 0.6 is 0 Å². The molecular formula is C13H22O2. The van der Waals surface area contributed by atoms with Crippen LogP contribution in [0.25, 0.3) is 0 Å². The van der Waals surface area contributed by atoms with Crippen LogP contribution in [0.3, 0.4) is 0 Å². The van der Waals surface area contributed by atoms with E-state index in [0.717, 1.165) is 32.1 Å². The molecule has 2 heteroatoms. The fourth-order valence-corrected chi connectivity index (χ4v) is 2.47. The molecule has 0 heterocycles. The van der Waals surface area contributed by atoms with Crippen molar-refractivity contribution in [2.24, 2.45) is 11.8 Å². The molecule has 0 saturated heterocycles. The van der Waals surface area contributed by atoms with E-state index in [-0.39, 0.29) is 5.92 Å². The molecule has 1 aliphatic rings. The van der Waals surface area contributed by atoms with Crippen molar-refractivity contribution in [1.29, 1.82) is 0 Å². The van der Waals surface area contributed by atoms with E-state index in [2.05, 4.69) is 13.5 Å². The predicted molar refractivity (Wildman–Crippen MR) is 61.7 cm³/mol. The van der Waals surface area contributed by atoms with Crippen LogP contribution in [-0.4, -0.2) is 11.1 Å². The Morgan fingerprint density at radius 2 is 2.00 bits per heavy atom. The summed E-state index contributed by atoms with van der Waals surface area (Å²) in [6, 6.07) is 0. The molecule has 1 rings (SSSR count). The second-order valence-corrected chi connectivity index (χ2v) is 4.65. The number of allylic oxidation sites excluding steroid dienone is 1. The third-order valence-corrected chi connectivity index (χ3v) is 3.53. The molecular weight excluding hydrogens is 188 g/mol. The average Bonchev–Trinajstić information content (AvgIpc) is 2.43. The first-order chi connectivity index (χ1) is 7.15. The molecule has 0 aromatic carbocycles. The van der Waals surface area contributed by atoms with Crippen LogP contribution in [0, 0.1) is 11.8 Å². The second kappa shape index (κ2) is 5.94. The highest BCUT2D eigenvalue weighted by Gasteiger charge is 2.29. The zero-order chi connectivity index (χ0) is 11.3. The van der Waals surface area contributed by atoms with Crippen molar-refractivity contribution in [3.63, 3.8) is 0 Å². The van der Waals surface area contributed by atoms with Crippen LogP contribution in [0.5, 0.6) is 0 Å². The minimum Gasteiger partial charge on any atom is -0.481 e. The quantitative estimate of drug-likeness (QED) is 0.568. The Labute approximate surface area is 92.4 Å². The van der Waals surface area contributed by atoms with E-state index < -0.39 is 5.97 Å². The van der Waals surface area contributed by atoms with Gasteiger partial charge in [-0.2, -0.15) is 0 Å². The van der Waals surface area contributed by atoms with E-state index in [1.807, 2.05) is 0 Å². The second-order valence-electron chi connectivity index (χ2n) is 4.65. The van der Waals surface area contributed by atoms with Crippen LogP contribution in [0.4, 0.5) is 0 Å². The fraction of sp³-hybridized carbons (Fsp3) is 0.769. The number of rotatable bonds is 4. The average molecular weight is 210 g/mol. The maximum Gasteiger partial charge on any atom is 0.306 e. The molecule has 0 aromatic rings. The summed E-state index contributed by atoms with van der Waals surface area (Å²) in [5.41, 5.74) is 1.20. The van der Waals surface area contributed by atoms with Gasteiger partial charge < -0.3 is 5.11 Å². The zero-order valence-corrected chi connectivity index (χ0v) is 9.67. The van der Waals surface area contributed by atoms with Crippen LogP contribution in [0.15, 0.2) is 12.2 Å². The number of hydrogen-bond acceptors (Lipinski definition) is 1. The Balaban J connectivity index is 2.61. The predicted octanol–water partition coefficient (Wildman–Crippen LogP) is 3.62. The number of carboxylic acids is 1. The zero-order valence-electron chi connectivity index (χ0n) is 9.67. The maximum atomic E-state index is 11.2. The Kier molecular flexibility index (Phi) is 4.86. The van der Waals surface area contributed by atoms with Gasteiger partial charge in [0.05, 0.1) is 5.92 Å². The highest BCUT2D eigenvalue weighted by atomic mass is 16.4. The molecule has 2 unspecified atom stereocenters. The van der Waals surface area contributed by atoms with Crippen molar-refractivity contribution < 1.29 is 9.90 Å². The van der Waals surface area contributed by atoms with Crippen molar-refractivity contribution in [2.75, 3.05) is 0 Å². The van der Waals surface area contributed by atoms with Crippen molar-refractivity contribution in [1.82, 2.24) is 0 Å². The third-order valence-electron chi connectivity index (χ3n) is 3.53. The van der Waals surface area contributed by atoms with E-state index in [1.54, 1.807) is 0 Å². The monoisotopic (exact) mass is 210 g/mol. The Morgan fingerprint density at radius 3 is 2.60 bits per heavy atom. The van der Waals surface area contributed by atoms with Gasteiger partial charge in [-0.15, -0.1) is 0 Å². The summed E-state index contributed by atoms with van der Waals surface area (Å²) in [5, 5.41) is 9.19. The number of carboxylic acid groups (broad SMARTS) is 1. The van der Waals surface area contributed by atoms with Crippen molar-refractivity contribution in [3.05, 3.63) is 12.2 Å². The maximum absolute atomic E-state index is 11.2. The fourth-order valence-electron chi connectivity index (χ4n) is 2.47. The molecule has 0 radical (unpaired) electrons. The number of carbonyl (C=O) groups is 1. The van der Waals surface area contributed by atoms with E-state index in [9.17, 15) is 9.90 Å². The summed E-state index contributed by atoms with van der Waals surface area (Å²) in [5.74, 6) is -0.404. The molecule has 1 aliphatic carbocycles. The largest absolute Gasteiger partial charge is 0.481 e. The molecule has 1 saturated carbocycles. The van der Waals surface area contributed by atoms with Gasteiger partial charge in [-0.05, 0) is 31.6 Å². The molecule has 0 bridgehead atoms. The normalized spacial score (nSPS) is 27.0. The lowest BCUT2D eigenvalue weighted by molar-refractivity contribution is -0.143. The molecule has 0 aromatic heterocycles. The number of hydrogen-bond donors (Lipinski definition) is 1. The van der Waals surface area contributed by atoms with Gasteiger partial charge in [0.15, 0.2) is 0 Å². The molecule has 1 fully saturated rings. The standard InChI is InChI=1S/C13H22O2/c1-3-10(2)9-11-7-5-4-6-8-12(11)13(14)15/h11-12H,2-9H2,1H3,(H,14,15). The van der Waals surface area contributed by atoms with E-state index in [0.29, 0.717) is 5.92 Å². The molecule has 2 atom stereocenters. The lowest BCUT2D eigenvalue weighted by Gasteiger charge is -2.22. The lowest BCUT2D eigenvalue weighted by Crippen LogP contribution is -2.22. The minimum atomic E-state index is -0.606. The first-order valence-electron chi connectivity index (χ1n) is 6.04. The molecule has 0 spiro atoms. The van der Waals surface area contributed by atoms with Crippen LogP contribution in [0.2, 0.25) is 0 Å². The van der Waals surface area contributed by atoms with Gasteiger partial charge >= 0.3 is 5.97 Å². The third kappa shape index (κ3) is 3.69. The summed E-state index contributed by atoms with van der Waals surface area (Å²) in [6.45, 7) is 6.09. The van der Waals surface area contributed by atoms with Crippen LogP contribution in [0.1, 0.15) is 51.9 Å². The van der Waals surface area contributed by atoms with Crippen molar-refractivity contribution in [2.45, 2.75) is 51.9 Å². The SMILES string of the molecule is C=C(CC)CC1CCCCCC1C(=O)O. The summed E-state index contributed by atoms with van der Waals surface area (Å²) < 4.78 is 0. The molecule has 2 nitrogen and oxygen atoms in total. The Hall–Kier alpha value is -0.790. The van der Waals surface area contributed by atoms with Gasteiger partial charge in [-0.3, -0.25) is 4.79 Å². The summed E-state index contributed by atoms with van der Waals surface area (Å²) in [6.07, 6.45) is 7.26. The molecule has 0 aliphatic heterocycles. The van der Waals surface area contributed by atoms with Crippen molar-refractivity contribution in [3.8, 4) is 0 Å². The molecule has 1 N–H and O–H groups in total. The highest BCUT2D eigenvalue weighted by molar-refractivity contribution is 5.70. The Bertz CT molecular complexity index is 233. The lowest BCUT2D eigenvalue weighted by atomic mass is 9.83. The summed E-state index contributed by atoms with van der Waals surface area (Å²) in [7, 11) is 0. The summed E-state index contributed by atoms with van der Waals surface area (Å²) in [4.78, 5) is 11.2. The van der Waals surface area contributed by atoms with Crippen molar-refractivity contribution >= 4 is 5.97 Å². The minimum absolute atomic E-state index is 0.129. The summed E-state index contributed by atoms with van der Waals surface area (Å²) >= 11 is 0. The molecule has 86 valence electrons. The first kappa shape index (κ1) is 12.3. The molecule has 0 amide bonds. The smallest absolute Gasteiger partial charge is 0.306 e. The number of aliphatic carboxylic acids is 1. The van der Waals surface area contributed by atoms with Gasteiger partial charge in [0, 0.05) is 0 Å². The highest BCUT2D eigenvalue weighted by Crippen LogP contribution is 2.33.